The Morgan fingerprint density at radius 3 is 1.31 bits per heavy atom. The van der Waals surface area contributed by atoms with Crippen LogP contribution < -0.4 is 0 Å². The van der Waals surface area contributed by atoms with E-state index in [1.165, 1.54) is 65.9 Å². The lowest BCUT2D eigenvalue weighted by atomic mass is 9.98. The van der Waals surface area contributed by atoms with Gasteiger partial charge in [0.05, 0.1) is 33.5 Å². The van der Waals surface area contributed by atoms with Gasteiger partial charge in [-0.1, -0.05) is 170 Å². The van der Waals surface area contributed by atoms with Crippen LogP contribution in [0.4, 0.5) is 0 Å². The summed E-state index contributed by atoms with van der Waals surface area (Å²) in [5, 5.41) is 4.97. The van der Waals surface area contributed by atoms with Crippen LogP contribution in [0.3, 0.4) is 0 Å². The molecule has 0 saturated carbocycles. The minimum Gasteiger partial charge on any atom is -0.309 e. The number of hydrogen-bond donors (Lipinski definition) is 0. The molecule has 4 heteroatoms. The number of benzene rings is 9. The largest absolute Gasteiger partial charge is 0.309 e. The standard InChI is InChI=1S/C58H38N4/c1-4-14-41(15-5-1)52-38-53(60-58(59-52)43-16-6-2-7-17-43)42-28-32-47(33-29-42)61-55-23-13-11-21-49(55)51-36-44(31-35-56(51)61)39-24-26-40(27-25-39)45-30-34-50-48-20-10-12-22-54(48)62(57(50)37-45)46-18-8-3-9-19-46/h1-38H. The highest BCUT2D eigenvalue weighted by molar-refractivity contribution is 6.11. The van der Waals surface area contributed by atoms with E-state index in [0.717, 1.165) is 39.5 Å². The first-order chi connectivity index (χ1) is 30.7. The van der Waals surface area contributed by atoms with Crippen molar-refractivity contribution < 1.29 is 0 Å². The van der Waals surface area contributed by atoms with E-state index in [1.54, 1.807) is 0 Å². The van der Waals surface area contributed by atoms with E-state index in [-0.39, 0.29) is 0 Å². The summed E-state index contributed by atoms with van der Waals surface area (Å²) in [6.07, 6.45) is 0. The Balaban J connectivity index is 0.892. The molecule has 0 atom stereocenters. The molecule has 3 heterocycles. The normalized spacial score (nSPS) is 11.5. The van der Waals surface area contributed by atoms with Crippen LogP contribution in [0, 0.1) is 0 Å². The van der Waals surface area contributed by atoms with E-state index in [4.69, 9.17) is 9.97 Å². The van der Waals surface area contributed by atoms with Gasteiger partial charge in [-0.05, 0) is 82.9 Å². The van der Waals surface area contributed by atoms with Crippen molar-refractivity contribution in [2.75, 3.05) is 0 Å². The predicted molar refractivity (Wildman–Crippen MR) is 258 cm³/mol. The van der Waals surface area contributed by atoms with Crippen LogP contribution >= 0.6 is 0 Å². The Labute approximate surface area is 359 Å². The minimum absolute atomic E-state index is 0.712. The molecule has 0 radical (unpaired) electrons. The molecule has 0 spiro atoms. The maximum absolute atomic E-state index is 5.07. The molecule has 0 unspecified atom stereocenters. The Hall–Kier alpha value is -8.34. The van der Waals surface area contributed by atoms with Crippen molar-refractivity contribution in [3.05, 3.63) is 231 Å². The summed E-state index contributed by atoms with van der Waals surface area (Å²) >= 11 is 0. The Morgan fingerprint density at radius 1 is 0.242 bits per heavy atom. The van der Waals surface area contributed by atoms with Gasteiger partial charge in [0.25, 0.3) is 0 Å². The summed E-state index contributed by atoms with van der Waals surface area (Å²) < 4.78 is 4.75. The van der Waals surface area contributed by atoms with Crippen LogP contribution in [0.15, 0.2) is 231 Å². The van der Waals surface area contributed by atoms with E-state index in [9.17, 15) is 0 Å². The molecule has 0 aliphatic rings. The maximum atomic E-state index is 5.07. The fourth-order valence-corrected chi connectivity index (χ4v) is 9.14. The van der Waals surface area contributed by atoms with Crippen LogP contribution in [-0.2, 0) is 0 Å². The summed E-state index contributed by atoms with van der Waals surface area (Å²) in [5.41, 5.74) is 16.7. The van der Waals surface area contributed by atoms with Gasteiger partial charge >= 0.3 is 0 Å². The van der Waals surface area contributed by atoms with Crippen LogP contribution in [0.1, 0.15) is 0 Å². The van der Waals surface area contributed by atoms with Gasteiger partial charge in [0.1, 0.15) is 0 Å². The average molecular weight is 791 g/mol. The monoisotopic (exact) mass is 790 g/mol. The first-order valence-electron chi connectivity index (χ1n) is 21.1. The number of fused-ring (bicyclic) bond motifs is 6. The van der Waals surface area contributed by atoms with Crippen LogP contribution in [-0.4, -0.2) is 19.1 Å². The van der Waals surface area contributed by atoms with Crippen molar-refractivity contribution in [2.45, 2.75) is 0 Å². The number of aromatic nitrogens is 4. The molecule has 0 amide bonds. The van der Waals surface area contributed by atoms with Gasteiger partial charge in [0.2, 0.25) is 0 Å². The van der Waals surface area contributed by atoms with Gasteiger partial charge in [-0.2, -0.15) is 0 Å². The maximum Gasteiger partial charge on any atom is 0.160 e. The second kappa shape index (κ2) is 14.7. The van der Waals surface area contributed by atoms with Gasteiger partial charge in [-0.15, -0.1) is 0 Å². The van der Waals surface area contributed by atoms with E-state index < -0.39 is 0 Å². The molecule has 12 rings (SSSR count). The van der Waals surface area contributed by atoms with Crippen molar-refractivity contribution in [3.8, 4) is 67.5 Å². The highest BCUT2D eigenvalue weighted by Gasteiger charge is 2.16. The number of para-hydroxylation sites is 3. The molecule has 0 fully saturated rings. The highest BCUT2D eigenvalue weighted by atomic mass is 15.0. The summed E-state index contributed by atoms with van der Waals surface area (Å²) in [7, 11) is 0. The first-order valence-corrected chi connectivity index (χ1v) is 21.1. The summed E-state index contributed by atoms with van der Waals surface area (Å²) in [5.74, 6) is 0.712. The third-order valence-corrected chi connectivity index (χ3v) is 12.2. The van der Waals surface area contributed by atoms with Gasteiger partial charge < -0.3 is 9.13 Å². The zero-order chi connectivity index (χ0) is 41.0. The molecule has 0 saturated heterocycles. The predicted octanol–water partition coefficient (Wildman–Crippen LogP) is 15.0. The molecule has 4 nitrogen and oxygen atoms in total. The van der Waals surface area contributed by atoms with E-state index in [0.29, 0.717) is 5.82 Å². The average Bonchev–Trinajstić information content (AvgIpc) is 3.87. The second-order valence-electron chi connectivity index (χ2n) is 15.8. The molecule has 0 bridgehead atoms. The van der Waals surface area contributed by atoms with Crippen molar-refractivity contribution in [1.82, 2.24) is 19.1 Å². The van der Waals surface area contributed by atoms with Crippen molar-refractivity contribution in [3.63, 3.8) is 0 Å². The number of rotatable bonds is 7. The Bertz CT molecular complexity index is 3530. The lowest BCUT2D eigenvalue weighted by molar-refractivity contribution is 1.17. The van der Waals surface area contributed by atoms with Crippen molar-refractivity contribution in [2.24, 2.45) is 0 Å². The third kappa shape index (κ3) is 6.08. The molecule has 3 aromatic heterocycles. The summed E-state index contributed by atoms with van der Waals surface area (Å²) in [6.45, 7) is 0. The second-order valence-corrected chi connectivity index (χ2v) is 15.8. The van der Waals surface area contributed by atoms with Crippen molar-refractivity contribution in [1.29, 1.82) is 0 Å². The number of nitrogens with zero attached hydrogens (tertiary/aromatic N) is 4. The van der Waals surface area contributed by atoms with Gasteiger partial charge in [0, 0.05) is 49.6 Å². The lowest BCUT2D eigenvalue weighted by Gasteiger charge is -2.12. The zero-order valence-corrected chi connectivity index (χ0v) is 33.7. The molecule has 0 N–H and O–H groups in total. The molecule has 12 aromatic rings. The molecular weight excluding hydrogens is 753 g/mol. The van der Waals surface area contributed by atoms with Gasteiger partial charge in [-0.3, -0.25) is 0 Å². The lowest BCUT2D eigenvalue weighted by Crippen LogP contribution is -1.97. The fourth-order valence-electron chi connectivity index (χ4n) is 9.14. The van der Waals surface area contributed by atoms with E-state index in [1.807, 2.05) is 36.4 Å². The SMILES string of the molecule is c1ccc(-c2cc(-c3ccc(-n4c5ccccc5c5cc(-c6ccc(-c7ccc8c9ccccc9n(-c9ccccc9)c8c7)cc6)ccc54)cc3)nc(-c3ccccc3)n2)cc1. The van der Waals surface area contributed by atoms with E-state index >= 15 is 0 Å². The van der Waals surface area contributed by atoms with Gasteiger partial charge in [0.15, 0.2) is 5.82 Å². The molecule has 0 aliphatic heterocycles. The van der Waals surface area contributed by atoms with Crippen LogP contribution in [0.25, 0.3) is 111 Å². The summed E-state index contributed by atoms with van der Waals surface area (Å²) in [6, 6.07) is 82.2. The summed E-state index contributed by atoms with van der Waals surface area (Å²) in [4.78, 5) is 10.1. The van der Waals surface area contributed by atoms with Gasteiger partial charge in [-0.25, -0.2) is 9.97 Å². The topological polar surface area (TPSA) is 35.6 Å². The quantitative estimate of drug-likeness (QED) is 0.161. The highest BCUT2D eigenvalue weighted by Crippen LogP contribution is 2.38. The molecule has 9 aromatic carbocycles. The number of hydrogen-bond acceptors (Lipinski definition) is 2. The Kier molecular flexibility index (Phi) is 8.46. The zero-order valence-electron chi connectivity index (χ0n) is 33.7. The van der Waals surface area contributed by atoms with Crippen molar-refractivity contribution >= 4 is 43.6 Å². The van der Waals surface area contributed by atoms with Crippen LogP contribution in [0.5, 0.6) is 0 Å². The van der Waals surface area contributed by atoms with Crippen LogP contribution in [0.2, 0.25) is 0 Å². The molecule has 0 aliphatic carbocycles. The minimum atomic E-state index is 0.712. The third-order valence-electron chi connectivity index (χ3n) is 12.2. The molecular formula is C58H38N4. The fraction of sp³-hybridized carbons (Fsp3) is 0. The molecule has 290 valence electrons. The molecule has 62 heavy (non-hydrogen) atoms. The first kappa shape index (κ1) is 35.6. The Morgan fingerprint density at radius 2 is 0.661 bits per heavy atom. The van der Waals surface area contributed by atoms with E-state index in [2.05, 4.69) is 203 Å². The smallest absolute Gasteiger partial charge is 0.160 e.